The molecule has 0 spiro atoms. The zero-order valence-electron chi connectivity index (χ0n) is 11.7. The van der Waals surface area contributed by atoms with Gasteiger partial charge in [0.1, 0.15) is 0 Å². The highest BCUT2D eigenvalue weighted by molar-refractivity contribution is 5.79. The molecule has 2 unspecified atom stereocenters. The Labute approximate surface area is 111 Å². The molecule has 0 aromatic heterocycles. The lowest BCUT2D eigenvalue weighted by atomic mass is 9.84. The molecule has 2 rings (SSSR count). The Bertz CT molecular complexity index is 274. The summed E-state index contributed by atoms with van der Waals surface area (Å²) in [6, 6.07) is 0.304. The molecule has 1 aliphatic heterocycles. The molecule has 1 saturated heterocycles. The molecule has 1 amide bonds. The smallest absolute Gasteiger partial charge is 0.225 e. The van der Waals surface area contributed by atoms with Gasteiger partial charge in [-0.05, 0) is 31.6 Å². The Kier molecular flexibility index (Phi) is 5.04. The molecule has 2 atom stereocenters. The maximum absolute atomic E-state index is 12.6. The standard InChI is InChI=1S/C15H28N2O/c1-2-12-8-9-17(14(10-12)11-16)15(18)13-6-4-3-5-7-13/h12-14H,2-11,16H2,1H3. The predicted molar refractivity (Wildman–Crippen MR) is 74.1 cm³/mol. The van der Waals surface area contributed by atoms with Crippen LogP contribution in [0.15, 0.2) is 0 Å². The summed E-state index contributed by atoms with van der Waals surface area (Å²) >= 11 is 0. The first-order chi connectivity index (χ1) is 8.76. The number of carbonyl (C=O) groups excluding carboxylic acids is 1. The van der Waals surface area contributed by atoms with Crippen LogP contribution in [0.5, 0.6) is 0 Å². The molecule has 1 saturated carbocycles. The van der Waals surface area contributed by atoms with Gasteiger partial charge in [0.25, 0.3) is 0 Å². The van der Waals surface area contributed by atoms with Crippen LogP contribution in [0.3, 0.4) is 0 Å². The second kappa shape index (κ2) is 6.55. The van der Waals surface area contributed by atoms with Crippen LogP contribution in [-0.2, 0) is 4.79 Å². The van der Waals surface area contributed by atoms with E-state index >= 15 is 0 Å². The molecule has 2 N–H and O–H groups in total. The molecule has 3 heteroatoms. The fraction of sp³-hybridized carbons (Fsp3) is 0.933. The van der Waals surface area contributed by atoms with Gasteiger partial charge in [0.15, 0.2) is 0 Å². The van der Waals surface area contributed by atoms with Gasteiger partial charge in [0, 0.05) is 25.0 Å². The summed E-state index contributed by atoms with van der Waals surface area (Å²) < 4.78 is 0. The summed E-state index contributed by atoms with van der Waals surface area (Å²) in [6.45, 7) is 3.82. The van der Waals surface area contributed by atoms with Crippen LogP contribution in [0, 0.1) is 11.8 Å². The lowest BCUT2D eigenvalue weighted by Crippen LogP contribution is -2.51. The molecule has 1 heterocycles. The summed E-state index contributed by atoms with van der Waals surface area (Å²) in [6.07, 6.45) is 9.48. The van der Waals surface area contributed by atoms with Crippen molar-refractivity contribution in [1.29, 1.82) is 0 Å². The first-order valence-corrected chi connectivity index (χ1v) is 7.76. The van der Waals surface area contributed by atoms with E-state index in [1.807, 2.05) is 0 Å². The average molecular weight is 252 g/mol. The Balaban J connectivity index is 1.95. The van der Waals surface area contributed by atoms with E-state index in [-0.39, 0.29) is 0 Å². The minimum absolute atomic E-state index is 0.297. The second-order valence-electron chi connectivity index (χ2n) is 6.05. The van der Waals surface area contributed by atoms with Crippen molar-refractivity contribution in [1.82, 2.24) is 4.90 Å². The van der Waals surface area contributed by atoms with Crippen molar-refractivity contribution in [3.05, 3.63) is 0 Å². The Morgan fingerprint density at radius 1 is 1.22 bits per heavy atom. The van der Waals surface area contributed by atoms with Gasteiger partial charge in [-0.3, -0.25) is 4.79 Å². The summed E-state index contributed by atoms with van der Waals surface area (Å²) in [4.78, 5) is 14.7. The summed E-state index contributed by atoms with van der Waals surface area (Å²) in [5, 5.41) is 0. The molecule has 0 aromatic rings. The minimum Gasteiger partial charge on any atom is -0.338 e. The molecule has 2 aliphatic rings. The van der Waals surface area contributed by atoms with Crippen molar-refractivity contribution in [2.45, 2.75) is 64.3 Å². The van der Waals surface area contributed by atoms with Gasteiger partial charge in [-0.25, -0.2) is 0 Å². The maximum atomic E-state index is 12.6. The van der Waals surface area contributed by atoms with Crippen molar-refractivity contribution in [3.63, 3.8) is 0 Å². The van der Waals surface area contributed by atoms with E-state index in [1.165, 1.54) is 32.1 Å². The number of amides is 1. The van der Waals surface area contributed by atoms with Crippen LogP contribution < -0.4 is 5.73 Å². The molecular weight excluding hydrogens is 224 g/mol. The largest absolute Gasteiger partial charge is 0.338 e. The zero-order valence-corrected chi connectivity index (χ0v) is 11.7. The first-order valence-electron chi connectivity index (χ1n) is 7.76. The van der Waals surface area contributed by atoms with Gasteiger partial charge in [-0.2, -0.15) is 0 Å². The lowest BCUT2D eigenvalue weighted by molar-refractivity contribution is -0.140. The van der Waals surface area contributed by atoms with E-state index in [2.05, 4.69) is 11.8 Å². The van der Waals surface area contributed by atoms with Crippen LogP contribution in [0.2, 0.25) is 0 Å². The van der Waals surface area contributed by atoms with Crippen molar-refractivity contribution < 1.29 is 4.79 Å². The fourth-order valence-electron chi connectivity index (χ4n) is 3.60. The molecule has 0 aromatic carbocycles. The van der Waals surface area contributed by atoms with Crippen LogP contribution in [-0.4, -0.2) is 29.9 Å². The van der Waals surface area contributed by atoms with Crippen molar-refractivity contribution in [2.75, 3.05) is 13.1 Å². The monoisotopic (exact) mass is 252 g/mol. The van der Waals surface area contributed by atoms with E-state index in [9.17, 15) is 4.79 Å². The molecular formula is C15H28N2O. The number of piperidine rings is 1. The van der Waals surface area contributed by atoms with Gasteiger partial charge >= 0.3 is 0 Å². The molecule has 18 heavy (non-hydrogen) atoms. The van der Waals surface area contributed by atoms with E-state index < -0.39 is 0 Å². The highest BCUT2D eigenvalue weighted by Crippen LogP contribution is 2.30. The van der Waals surface area contributed by atoms with Crippen LogP contribution in [0.1, 0.15) is 58.3 Å². The zero-order chi connectivity index (χ0) is 13.0. The fourth-order valence-corrected chi connectivity index (χ4v) is 3.60. The second-order valence-corrected chi connectivity index (χ2v) is 6.05. The van der Waals surface area contributed by atoms with Gasteiger partial charge < -0.3 is 10.6 Å². The molecule has 0 radical (unpaired) electrons. The lowest BCUT2D eigenvalue weighted by Gasteiger charge is -2.41. The summed E-state index contributed by atoms with van der Waals surface area (Å²) in [5.74, 6) is 1.47. The Morgan fingerprint density at radius 3 is 2.56 bits per heavy atom. The number of nitrogens with two attached hydrogens (primary N) is 1. The van der Waals surface area contributed by atoms with Crippen molar-refractivity contribution in [3.8, 4) is 0 Å². The number of hydrogen-bond acceptors (Lipinski definition) is 2. The van der Waals surface area contributed by atoms with E-state index in [0.29, 0.717) is 24.4 Å². The molecule has 2 fully saturated rings. The number of carbonyl (C=O) groups is 1. The molecule has 0 bridgehead atoms. The van der Waals surface area contributed by atoms with Crippen LogP contribution in [0.25, 0.3) is 0 Å². The van der Waals surface area contributed by atoms with Gasteiger partial charge in [0.2, 0.25) is 5.91 Å². The average Bonchev–Trinajstić information content (AvgIpc) is 2.46. The van der Waals surface area contributed by atoms with E-state index in [4.69, 9.17) is 5.73 Å². The Morgan fingerprint density at radius 2 is 1.94 bits per heavy atom. The van der Waals surface area contributed by atoms with Crippen LogP contribution >= 0.6 is 0 Å². The van der Waals surface area contributed by atoms with Crippen molar-refractivity contribution >= 4 is 5.91 Å². The number of rotatable bonds is 3. The summed E-state index contributed by atoms with van der Waals surface area (Å²) in [7, 11) is 0. The molecule has 3 nitrogen and oxygen atoms in total. The highest BCUT2D eigenvalue weighted by atomic mass is 16.2. The predicted octanol–water partition coefficient (Wildman–Crippen LogP) is 2.54. The summed E-state index contributed by atoms with van der Waals surface area (Å²) in [5.41, 5.74) is 5.88. The van der Waals surface area contributed by atoms with Crippen LogP contribution in [0.4, 0.5) is 0 Å². The quantitative estimate of drug-likeness (QED) is 0.839. The SMILES string of the molecule is CCC1CCN(C(=O)C2CCCCC2)C(CN)C1. The van der Waals surface area contributed by atoms with Gasteiger partial charge in [-0.15, -0.1) is 0 Å². The van der Waals surface area contributed by atoms with E-state index in [0.717, 1.165) is 31.7 Å². The maximum Gasteiger partial charge on any atom is 0.225 e. The van der Waals surface area contributed by atoms with Crippen molar-refractivity contribution in [2.24, 2.45) is 17.6 Å². The number of likely N-dealkylation sites (tertiary alicyclic amines) is 1. The Hall–Kier alpha value is -0.570. The molecule has 1 aliphatic carbocycles. The first kappa shape index (κ1) is 13.9. The molecule has 104 valence electrons. The minimum atomic E-state index is 0.297. The topological polar surface area (TPSA) is 46.3 Å². The highest BCUT2D eigenvalue weighted by Gasteiger charge is 2.33. The van der Waals surface area contributed by atoms with Gasteiger partial charge in [0.05, 0.1) is 0 Å². The third-order valence-corrected chi connectivity index (χ3v) is 4.91. The van der Waals surface area contributed by atoms with E-state index in [1.54, 1.807) is 0 Å². The number of hydrogen-bond donors (Lipinski definition) is 1. The third-order valence-electron chi connectivity index (χ3n) is 4.91. The normalized spacial score (nSPS) is 30.4. The number of nitrogens with zero attached hydrogens (tertiary/aromatic N) is 1. The third kappa shape index (κ3) is 3.05. The van der Waals surface area contributed by atoms with Gasteiger partial charge in [-0.1, -0.05) is 32.6 Å².